The minimum atomic E-state index is -0.682. The number of ether oxygens (including phenoxy) is 1. The Hall–Kier alpha value is -2.80. The fourth-order valence-electron chi connectivity index (χ4n) is 4.64. The van der Waals surface area contributed by atoms with Crippen molar-refractivity contribution in [3.8, 4) is 16.9 Å². The van der Waals surface area contributed by atoms with Crippen LogP contribution >= 0.6 is 11.8 Å². The van der Waals surface area contributed by atoms with Gasteiger partial charge in [-0.1, -0.05) is 19.1 Å². The number of benzene rings is 2. The van der Waals surface area contributed by atoms with Gasteiger partial charge in [0.25, 0.3) is 0 Å². The molecular weight excluding hydrogens is 440 g/mol. The van der Waals surface area contributed by atoms with Gasteiger partial charge in [0.2, 0.25) is 5.95 Å². The predicted octanol–water partition coefficient (Wildman–Crippen LogP) is 6.66. The molecule has 3 aromatic rings. The van der Waals surface area contributed by atoms with Gasteiger partial charge in [-0.25, -0.2) is 23.7 Å². The molecule has 2 aliphatic rings. The van der Waals surface area contributed by atoms with Gasteiger partial charge in [0.1, 0.15) is 6.10 Å². The van der Waals surface area contributed by atoms with Gasteiger partial charge in [0, 0.05) is 41.3 Å². The number of fused-ring (bicyclic) bond motifs is 1. The fourth-order valence-corrected chi connectivity index (χ4v) is 5.05. The summed E-state index contributed by atoms with van der Waals surface area (Å²) in [6.45, 7) is 2.05. The van der Waals surface area contributed by atoms with Gasteiger partial charge in [-0.3, -0.25) is 0 Å². The third kappa shape index (κ3) is 4.38. The molecule has 0 spiro atoms. The number of aryl methyl sites for hydroxylation is 1. The van der Waals surface area contributed by atoms with Crippen molar-refractivity contribution in [1.29, 1.82) is 0 Å². The third-order valence-electron chi connectivity index (χ3n) is 6.68. The molecule has 33 heavy (non-hydrogen) atoms. The van der Waals surface area contributed by atoms with Gasteiger partial charge in [-0.2, -0.15) is 0 Å². The summed E-state index contributed by atoms with van der Waals surface area (Å²) in [6.07, 6.45) is 8.64. The van der Waals surface area contributed by atoms with E-state index in [-0.39, 0.29) is 23.7 Å². The van der Waals surface area contributed by atoms with E-state index in [2.05, 4.69) is 15.0 Å². The topological polar surface area (TPSA) is 47.4 Å². The second-order valence-electron chi connectivity index (χ2n) is 8.55. The van der Waals surface area contributed by atoms with Crippen LogP contribution in [0.2, 0.25) is 0 Å². The maximum absolute atomic E-state index is 14.9. The standard InChI is InChI=1S/C26H25F2N3OS/c1-3-15-13-29-26(30-14-15)31-23-12-24(20-9-8-19(20)23)32-25-21(27)10-17(11-22(25)28)16-4-6-18(33-2)7-5-16/h4-7,10-11,13-14,19-20,24H,3,8-9,12H2,1-2H3. The first kappa shape index (κ1) is 22.0. The summed E-state index contributed by atoms with van der Waals surface area (Å²) in [5, 5.41) is 0. The number of hydrogen-bond donors (Lipinski definition) is 0. The molecule has 0 radical (unpaired) electrons. The van der Waals surface area contributed by atoms with Crippen LogP contribution in [0.1, 0.15) is 31.7 Å². The smallest absolute Gasteiger partial charge is 0.249 e. The summed E-state index contributed by atoms with van der Waals surface area (Å²) >= 11 is 1.62. The Bertz CT molecular complexity index is 1160. The lowest BCUT2D eigenvalue weighted by Gasteiger charge is -2.33. The first-order valence-electron chi connectivity index (χ1n) is 11.2. The molecule has 3 atom stereocenters. The number of aliphatic imine (C=N–C) groups is 1. The zero-order valence-corrected chi connectivity index (χ0v) is 19.4. The van der Waals surface area contributed by atoms with Crippen LogP contribution in [0.5, 0.6) is 5.75 Å². The molecule has 2 aliphatic carbocycles. The summed E-state index contributed by atoms with van der Waals surface area (Å²) in [5.41, 5.74) is 3.28. The zero-order valence-electron chi connectivity index (χ0n) is 18.6. The minimum absolute atomic E-state index is 0.219. The van der Waals surface area contributed by atoms with E-state index in [0.717, 1.165) is 41.0 Å². The quantitative estimate of drug-likeness (QED) is 0.382. The highest BCUT2D eigenvalue weighted by atomic mass is 32.2. The van der Waals surface area contributed by atoms with Crippen LogP contribution in [0.15, 0.2) is 58.7 Å². The number of rotatable bonds is 6. The predicted molar refractivity (Wildman–Crippen MR) is 127 cm³/mol. The molecule has 0 amide bonds. The molecular formula is C26H25F2N3OS. The highest BCUT2D eigenvalue weighted by Crippen LogP contribution is 2.47. The fraction of sp³-hybridized carbons (Fsp3) is 0.346. The number of aromatic nitrogens is 2. The number of hydrogen-bond acceptors (Lipinski definition) is 5. The van der Waals surface area contributed by atoms with Gasteiger partial charge in [-0.05, 0) is 66.5 Å². The summed E-state index contributed by atoms with van der Waals surface area (Å²) in [4.78, 5) is 14.4. The Morgan fingerprint density at radius 1 is 1.03 bits per heavy atom. The molecule has 1 heterocycles. The normalized spacial score (nSPS) is 22.8. The molecule has 3 unspecified atom stereocenters. The van der Waals surface area contributed by atoms with Gasteiger partial charge in [0.05, 0.1) is 0 Å². The zero-order chi connectivity index (χ0) is 22.9. The molecule has 1 aromatic heterocycles. The van der Waals surface area contributed by atoms with Crippen LogP contribution in [0.4, 0.5) is 14.7 Å². The first-order valence-corrected chi connectivity index (χ1v) is 12.5. The van der Waals surface area contributed by atoms with E-state index in [9.17, 15) is 8.78 Å². The van der Waals surface area contributed by atoms with Crippen molar-refractivity contribution in [2.24, 2.45) is 16.8 Å². The molecule has 2 fully saturated rings. The van der Waals surface area contributed by atoms with Crippen molar-refractivity contribution in [2.45, 2.75) is 43.6 Å². The lowest BCUT2D eigenvalue weighted by molar-refractivity contribution is 0.0833. The Balaban J connectivity index is 1.35. The van der Waals surface area contributed by atoms with Crippen LogP contribution in [0.25, 0.3) is 11.1 Å². The van der Waals surface area contributed by atoms with E-state index in [4.69, 9.17) is 4.74 Å². The molecule has 0 bridgehead atoms. The van der Waals surface area contributed by atoms with E-state index in [0.29, 0.717) is 17.9 Å². The Kier molecular flexibility index (Phi) is 6.15. The maximum atomic E-state index is 14.9. The van der Waals surface area contributed by atoms with Gasteiger partial charge < -0.3 is 4.74 Å². The third-order valence-corrected chi connectivity index (χ3v) is 7.42. The molecule has 0 aliphatic heterocycles. The summed E-state index contributed by atoms with van der Waals surface area (Å²) < 4.78 is 35.8. The molecule has 0 saturated heterocycles. The molecule has 170 valence electrons. The lowest BCUT2D eigenvalue weighted by Crippen LogP contribution is -2.33. The molecule has 2 saturated carbocycles. The van der Waals surface area contributed by atoms with Gasteiger partial charge >= 0.3 is 0 Å². The largest absolute Gasteiger partial charge is 0.484 e. The van der Waals surface area contributed by atoms with Crippen molar-refractivity contribution >= 4 is 23.4 Å². The molecule has 7 heteroatoms. The van der Waals surface area contributed by atoms with Crippen LogP contribution in [-0.2, 0) is 6.42 Å². The van der Waals surface area contributed by atoms with Crippen molar-refractivity contribution < 1.29 is 13.5 Å². The average molecular weight is 466 g/mol. The van der Waals surface area contributed by atoms with Crippen LogP contribution in [0.3, 0.4) is 0 Å². The van der Waals surface area contributed by atoms with Crippen molar-refractivity contribution in [3.05, 3.63) is 66.0 Å². The van der Waals surface area contributed by atoms with E-state index in [1.165, 1.54) is 12.1 Å². The monoisotopic (exact) mass is 465 g/mol. The Morgan fingerprint density at radius 2 is 1.73 bits per heavy atom. The van der Waals surface area contributed by atoms with Crippen LogP contribution in [-0.4, -0.2) is 28.0 Å². The first-order chi connectivity index (χ1) is 16.1. The van der Waals surface area contributed by atoms with Crippen LogP contribution in [0, 0.1) is 23.5 Å². The van der Waals surface area contributed by atoms with Gasteiger partial charge in [0.15, 0.2) is 17.4 Å². The Morgan fingerprint density at radius 3 is 2.30 bits per heavy atom. The van der Waals surface area contributed by atoms with E-state index in [1.54, 1.807) is 24.2 Å². The summed E-state index contributed by atoms with van der Waals surface area (Å²) in [7, 11) is 0. The molecule has 0 N–H and O–H groups in total. The minimum Gasteiger partial charge on any atom is -0.484 e. The highest BCUT2D eigenvalue weighted by molar-refractivity contribution is 7.98. The second kappa shape index (κ2) is 9.21. The summed E-state index contributed by atoms with van der Waals surface area (Å²) in [6, 6.07) is 10.3. The molecule has 4 nitrogen and oxygen atoms in total. The number of nitrogens with zero attached hydrogens (tertiary/aromatic N) is 3. The van der Waals surface area contributed by atoms with Crippen molar-refractivity contribution in [3.63, 3.8) is 0 Å². The summed E-state index contributed by atoms with van der Waals surface area (Å²) in [5.74, 6) is -0.749. The van der Waals surface area contributed by atoms with E-state index >= 15 is 0 Å². The second-order valence-corrected chi connectivity index (χ2v) is 9.43. The Labute approximate surface area is 196 Å². The van der Waals surface area contributed by atoms with Crippen molar-refractivity contribution in [1.82, 2.24) is 9.97 Å². The molecule has 2 aromatic carbocycles. The number of halogens is 2. The van der Waals surface area contributed by atoms with Crippen molar-refractivity contribution in [2.75, 3.05) is 6.26 Å². The van der Waals surface area contributed by atoms with E-state index in [1.807, 2.05) is 37.4 Å². The SMILES string of the molecule is CCc1cnc(N=C2CC(Oc3c(F)cc(-c4ccc(SC)cc4)cc3F)C3CCC23)nc1. The lowest BCUT2D eigenvalue weighted by atomic mass is 9.75. The number of thioether (sulfide) groups is 1. The van der Waals surface area contributed by atoms with Crippen LogP contribution < -0.4 is 4.74 Å². The molecule has 5 rings (SSSR count). The van der Waals surface area contributed by atoms with Gasteiger partial charge in [-0.15, -0.1) is 11.8 Å². The van der Waals surface area contributed by atoms with E-state index < -0.39 is 11.6 Å². The average Bonchev–Trinajstić information content (AvgIpc) is 3.03. The highest BCUT2D eigenvalue weighted by Gasteiger charge is 2.48. The maximum Gasteiger partial charge on any atom is 0.249 e.